The van der Waals surface area contributed by atoms with Gasteiger partial charge in [-0.2, -0.15) is 0 Å². The van der Waals surface area contributed by atoms with Gasteiger partial charge in [-0.3, -0.25) is 9.05 Å². The summed E-state index contributed by atoms with van der Waals surface area (Å²) in [5, 5.41) is 1.76. The lowest BCUT2D eigenvalue weighted by molar-refractivity contribution is 0.188. The lowest BCUT2D eigenvalue weighted by Crippen LogP contribution is -2.31. The number of hydrogen-bond donors (Lipinski definition) is 0. The highest BCUT2D eigenvalue weighted by Crippen LogP contribution is 2.52. The zero-order chi connectivity index (χ0) is 20.6. The zero-order valence-electron chi connectivity index (χ0n) is 16.3. The Morgan fingerprint density at radius 3 is 2.34 bits per heavy atom. The summed E-state index contributed by atoms with van der Waals surface area (Å²) >= 11 is 6.29. The molecular weight excluding hydrogens is 414 g/mol. The summed E-state index contributed by atoms with van der Waals surface area (Å²) in [6, 6.07) is 12.3. The Balaban J connectivity index is 1.69. The van der Waals surface area contributed by atoms with E-state index in [9.17, 15) is 8.96 Å². The van der Waals surface area contributed by atoms with E-state index in [1.165, 1.54) is 31.9 Å². The minimum absolute atomic E-state index is 0.262. The molecule has 154 valence electrons. The third-order valence-corrected chi connectivity index (χ3v) is 7.87. The van der Waals surface area contributed by atoms with Gasteiger partial charge in [0.1, 0.15) is 5.82 Å². The monoisotopic (exact) mass is 436 g/mol. The smallest absolute Gasteiger partial charge is 0.316 e. The van der Waals surface area contributed by atoms with E-state index in [1.54, 1.807) is 16.8 Å². The first-order valence-corrected chi connectivity index (χ1v) is 11.4. The van der Waals surface area contributed by atoms with Crippen molar-refractivity contribution >= 4 is 30.3 Å². The van der Waals surface area contributed by atoms with E-state index in [-0.39, 0.29) is 11.7 Å². The van der Waals surface area contributed by atoms with E-state index in [1.807, 2.05) is 18.2 Å². The molecule has 4 rings (SSSR count). The summed E-state index contributed by atoms with van der Waals surface area (Å²) in [5.74, 6) is 0.0256. The lowest BCUT2D eigenvalue weighted by Gasteiger charge is -2.34. The highest BCUT2D eigenvalue weighted by molar-refractivity contribution is 7.51. The van der Waals surface area contributed by atoms with Crippen LogP contribution in [-0.4, -0.2) is 36.5 Å². The zero-order valence-corrected chi connectivity index (χ0v) is 18.0. The van der Waals surface area contributed by atoms with Crippen molar-refractivity contribution in [3.63, 3.8) is 0 Å². The second-order valence-electron chi connectivity index (χ2n) is 7.15. The molecule has 2 aromatic carbocycles. The molecule has 1 aromatic heterocycles. The number of fused-ring (bicyclic) bond motifs is 1. The minimum atomic E-state index is -3.21. The molecule has 1 aliphatic heterocycles. The van der Waals surface area contributed by atoms with Crippen molar-refractivity contribution in [1.29, 1.82) is 0 Å². The van der Waals surface area contributed by atoms with Gasteiger partial charge in [-0.25, -0.2) is 13.6 Å². The highest BCUT2D eigenvalue weighted by Gasteiger charge is 2.35. The number of hydrogen-bond acceptors (Lipinski definition) is 3. The first-order valence-electron chi connectivity index (χ1n) is 9.48. The molecule has 5 nitrogen and oxygen atoms in total. The average Bonchev–Trinajstić information content (AvgIpc) is 3.12. The van der Waals surface area contributed by atoms with Gasteiger partial charge >= 0.3 is 7.75 Å². The fourth-order valence-corrected chi connectivity index (χ4v) is 5.60. The summed E-state index contributed by atoms with van der Waals surface area (Å²) in [5.41, 5.74) is 3.11. The SMILES string of the molecule is COP(=O)(OC)N1CCC(c2cn(-c3ccc(F)cc3)c3ccc(Cl)cc23)CC1. The van der Waals surface area contributed by atoms with Gasteiger partial charge in [-0.05, 0) is 66.8 Å². The molecule has 0 saturated carbocycles. The highest BCUT2D eigenvalue weighted by atomic mass is 35.5. The Morgan fingerprint density at radius 1 is 1.07 bits per heavy atom. The lowest BCUT2D eigenvalue weighted by atomic mass is 9.90. The van der Waals surface area contributed by atoms with Crippen LogP contribution in [0.15, 0.2) is 48.7 Å². The molecule has 0 unspecified atom stereocenters. The van der Waals surface area contributed by atoms with Crippen LogP contribution in [0.4, 0.5) is 4.39 Å². The summed E-state index contributed by atoms with van der Waals surface area (Å²) in [6.45, 7) is 1.24. The van der Waals surface area contributed by atoms with Crippen molar-refractivity contribution in [3.8, 4) is 5.69 Å². The molecule has 0 spiro atoms. The fourth-order valence-electron chi connectivity index (χ4n) is 4.10. The first kappa shape index (κ1) is 20.6. The summed E-state index contributed by atoms with van der Waals surface area (Å²) in [7, 11) is -0.384. The predicted molar refractivity (Wildman–Crippen MR) is 113 cm³/mol. The van der Waals surface area contributed by atoms with Crippen LogP contribution < -0.4 is 0 Å². The van der Waals surface area contributed by atoms with Gasteiger partial charge in [0.15, 0.2) is 0 Å². The maximum absolute atomic E-state index is 13.4. The van der Waals surface area contributed by atoms with Crippen LogP contribution in [0.2, 0.25) is 5.02 Å². The molecule has 0 radical (unpaired) electrons. The molecule has 0 aliphatic carbocycles. The number of aromatic nitrogens is 1. The maximum atomic E-state index is 13.4. The second-order valence-corrected chi connectivity index (χ2v) is 9.82. The first-order chi connectivity index (χ1) is 13.9. The van der Waals surface area contributed by atoms with Crippen LogP contribution in [0.3, 0.4) is 0 Å². The third-order valence-electron chi connectivity index (χ3n) is 5.62. The second kappa shape index (κ2) is 8.21. The van der Waals surface area contributed by atoms with E-state index in [0.717, 1.165) is 29.4 Å². The topological polar surface area (TPSA) is 43.7 Å². The third kappa shape index (κ3) is 3.88. The largest absolute Gasteiger partial charge is 0.407 e. The Kier molecular flexibility index (Phi) is 5.83. The summed E-state index contributed by atoms with van der Waals surface area (Å²) in [4.78, 5) is 0. The molecule has 3 aromatic rings. The predicted octanol–water partition coefficient (Wildman–Crippen LogP) is 6.00. The van der Waals surface area contributed by atoms with E-state index in [2.05, 4.69) is 10.8 Å². The standard InChI is InChI=1S/C21H23ClFN2O3P/c1-27-29(26,28-2)24-11-9-15(10-12-24)20-14-25(18-6-4-17(23)5-7-18)21-8-3-16(22)13-19(20)21/h3-8,13-15H,9-12H2,1-2H3. The number of piperidine rings is 1. The van der Waals surface area contributed by atoms with Gasteiger partial charge in [-0.15, -0.1) is 0 Å². The molecule has 0 amide bonds. The molecular formula is C21H23ClFN2O3P. The van der Waals surface area contributed by atoms with Gasteiger partial charge in [0.05, 0.1) is 5.52 Å². The maximum Gasteiger partial charge on any atom is 0.407 e. The van der Waals surface area contributed by atoms with Crippen molar-refractivity contribution in [2.75, 3.05) is 27.3 Å². The van der Waals surface area contributed by atoms with Crippen LogP contribution in [0, 0.1) is 5.82 Å². The fraction of sp³-hybridized carbons (Fsp3) is 0.333. The summed E-state index contributed by atoms with van der Waals surface area (Å²) in [6.07, 6.45) is 3.76. The molecule has 0 bridgehead atoms. The van der Waals surface area contributed by atoms with Gasteiger partial charge in [-0.1, -0.05) is 11.6 Å². The van der Waals surface area contributed by atoms with Crippen molar-refractivity contribution in [2.24, 2.45) is 0 Å². The van der Waals surface area contributed by atoms with Crippen molar-refractivity contribution in [1.82, 2.24) is 9.24 Å². The molecule has 29 heavy (non-hydrogen) atoms. The van der Waals surface area contributed by atoms with Crippen LogP contribution in [0.5, 0.6) is 0 Å². The van der Waals surface area contributed by atoms with E-state index >= 15 is 0 Å². The number of benzene rings is 2. The van der Waals surface area contributed by atoms with E-state index < -0.39 is 7.75 Å². The van der Waals surface area contributed by atoms with Crippen LogP contribution in [-0.2, 0) is 13.6 Å². The van der Waals surface area contributed by atoms with E-state index in [0.29, 0.717) is 18.1 Å². The molecule has 1 aliphatic rings. The number of nitrogens with zero attached hydrogens (tertiary/aromatic N) is 2. The Bertz CT molecular complexity index is 1050. The summed E-state index contributed by atoms with van der Waals surface area (Å²) < 4.78 is 40.2. The van der Waals surface area contributed by atoms with Gasteiger partial charge in [0.25, 0.3) is 0 Å². The van der Waals surface area contributed by atoms with Crippen molar-refractivity contribution in [3.05, 3.63) is 65.1 Å². The van der Waals surface area contributed by atoms with Crippen LogP contribution >= 0.6 is 19.3 Å². The molecule has 8 heteroatoms. The van der Waals surface area contributed by atoms with Crippen molar-refractivity contribution in [2.45, 2.75) is 18.8 Å². The average molecular weight is 437 g/mol. The Labute approximate surface area is 174 Å². The number of rotatable bonds is 5. The normalized spacial score (nSPS) is 16.6. The van der Waals surface area contributed by atoms with Gasteiger partial charge < -0.3 is 4.57 Å². The quantitative estimate of drug-likeness (QED) is 0.460. The Hall–Kier alpha value is -1.69. The van der Waals surface area contributed by atoms with Crippen LogP contribution in [0.1, 0.15) is 24.3 Å². The minimum Gasteiger partial charge on any atom is -0.316 e. The van der Waals surface area contributed by atoms with Crippen LogP contribution in [0.25, 0.3) is 16.6 Å². The van der Waals surface area contributed by atoms with E-state index in [4.69, 9.17) is 20.6 Å². The molecule has 1 fully saturated rings. The van der Waals surface area contributed by atoms with Gasteiger partial charge in [0, 0.05) is 49.6 Å². The number of halogens is 2. The molecule has 0 atom stereocenters. The Morgan fingerprint density at radius 2 is 1.72 bits per heavy atom. The molecule has 1 saturated heterocycles. The molecule has 0 N–H and O–H groups in total. The molecule has 2 heterocycles. The van der Waals surface area contributed by atoms with Crippen molar-refractivity contribution < 1.29 is 18.0 Å². The van der Waals surface area contributed by atoms with Gasteiger partial charge in [0.2, 0.25) is 0 Å².